The summed E-state index contributed by atoms with van der Waals surface area (Å²) in [5, 5.41) is 3.34. The number of nitrogens with zero attached hydrogens (tertiary/aromatic N) is 4. The Balaban J connectivity index is 1.73. The van der Waals surface area contributed by atoms with Gasteiger partial charge in [0.2, 0.25) is 0 Å². The molecule has 4 aromatic rings. The molecule has 0 spiro atoms. The number of aryl methyl sites for hydroxylation is 3. The molecule has 0 aliphatic rings. The molecule has 8 heteroatoms. The molecule has 27 heavy (non-hydrogen) atoms. The number of thiazole rings is 1. The highest BCUT2D eigenvalue weighted by Gasteiger charge is 2.19. The van der Waals surface area contributed by atoms with E-state index in [-0.39, 0.29) is 17.9 Å². The van der Waals surface area contributed by atoms with Crippen molar-refractivity contribution in [3.63, 3.8) is 0 Å². The molecule has 0 aromatic carbocycles. The smallest absolute Gasteiger partial charge is 0.262 e. The molecule has 0 bridgehead atoms. The van der Waals surface area contributed by atoms with E-state index in [1.54, 1.807) is 6.20 Å². The number of hydrogen-bond acceptors (Lipinski definition) is 6. The second kappa shape index (κ2) is 6.54. The molecular formula is C19H18N4O2S2. The fourth-order valence-electron chi connectivity index (χ4n) is 3.29. The van der Waals surface area contributed by atoms with Crippen molar-refractivity contribution in [2.45, 2.75) is 34.2 Å². The van der Waals surface area contributed by atoms with Crippen molar-refractivity contribution < 1.29 is 4.79 Å². The molecule has 0 aliphatic carbocycles. The van der Waals surface area contributed by atoms with Crippen LogP contribution in [0.1, 0.15) is 32.2 Å². The number of thiophene rings is 1. The average molecular weight is 399 g/mol. The second-order valence-corrected chi connectivity index (χ2v) is 8.58. The molecule has 4 rings (SSSR count). The van der Waals surface area contributed by atoms with E-state index in [1.807, 2.05) is 43.7 Å². The number of fused-ring (bicyclic) bond motifs is 1. The van der Waals surface area contributed by atoms with Gasteiger partial charge in [-0.25, -0.2) is 9.97 Å². The van der Waals surface area contributed by atoms with Crippen LogP contribution in [-0.2, 0) is 6.54 Å². The van der Waals surface area contributed by atoms with E-state index in [2.05, 4.69) is 9.97 Å². The Morgan fingerprint density at radius 2 is 1.96 bits per heavy atom. The van der Waals surface area contributed by atoms with Crippen LogP contribution in [0.5, 0.6) is 0 Å². The first-order valence-corrected chi connectivity index (χ1v) is 10.1. The summed E-state index contributed by atoms with van der Waals surface area (Å²) >= 11 is 3.02. The molecular weight excluding hydrogens is 380 g/mol. The van der Waals surface area contributed by atoms with Crippen LogP contribution in [0, 0.1) is 27.7 Å². The van der Waals surface area contributed by atoms with Crippen LogP contribution >= 0.6 is 22.7 Å². The normalized spacial score (nSPS) is 11.4. The van der Waals surface area contributed by atoms with Crippen molar-refractivity contribution in [3.05, 3.63) is 61.7 Å². The van der Waals surface area contributed by atoms with E-state index in [1.165, 1.54) is 33.6 Å². The zero-order chi connectivity index (χ0) is 19.3. The van der Waals surface area contributed by atoms with Crippen molar-refractivity contribution in [2.75, 3.05) is 0 Å². The summed E-state index contributed by atoms with van der Waals surface area (Å²) in [4.78, 5) is 36.3. The van der Waals surface area contributed by atoms with Gasteiger partial charge in [0.25, 0.3) is 5.56 Å². The summed E-state index contributed by atoms with van der Waals surface area (Å²) in [5.41, 5.74) is 3.15. The molecule has 0 N–H and O–H groups in total. The van der Waals surface area contributed by atoms with E-state index in [0.29, 0.717) is 10.9 Å². The van der Waals surface area contributed by atoms with Gasteiger partial charge in [-0.15, -0.1) is 22.7 Å². The number of aromatic nitrogens is 4. The van der Waals surface area contributed by atoms with Crippen LogP contribution in [0.4, 0.5) is 0 Å². The van der Waals surface area contributed by atoms with Crippen molar-refractivity contribution in [1.82, 2.24) is 19.1 Å². The maximum Gasteiger partial charge on any atom is 0.262 e. The number of rotatable bonds is 4. The molecule has 0 saturated heterocycles. The summed E-state index contributed by atoms with van der Waals surface area (Å²) in [6.45, 7) is 7.72. The maximum absolute atomic E-state index is 12.9. The third-order valence-corrected chi connectivity index (χ3v) is 6.68. The summed E-state index contributed by atoms with van der Waals surface area (Å²) < 4.78 is 3.37. The zero-order valence-electron chi connectivity index (χ0n) is 15.4. The lowest BCUT2D eigenvalue weighted by molar-refractivity contribution is 0.0970. The Kier molecular flexibility index (Phi) is 4.32. The molecule has 0 unspecified atom stereocenters. The number of carbonyl (C=O) groups excluding carboxylic acids is 1. The minimum Gasteiger partial charge on any atom is -0.294 e. The van der Waals surface area contributed by atoms with Gasteiger partial charge < -0.3 is 0 Å². The number of Topliss-reactive ketones (excluding diaryl/α,β-unsaturated/α-hetero) is 1. The predicted octanol–water partition coefficient (Wildman–Crippen LogP) is 3.82. The van der Waals surface area contributed by atoms with Crippen LogP contribution in [0.3, 0.4) is 0 Å². The monoisotopic (exact) mass is 398 g/mol. The molecule has 0 fully saturated rings. The Bertz CT molecular complexity index is 1230. The van der Waals surface area contributed by atoms with Crippen molar-refractivity contribution in [3.8, 4) is 5.13 Å². The zero-order valence-corrected chi connectivity index (χ0v) is 17.1. The molecule has 138 valence electrons. The van der Waals surface area contributed by atoms with Gasteiger partial charge in [-0.05, 0) is 39.3 Å². The first-order valence-electron chi connectivity index (χ1n) is 8.45. The maximum atomic E-state index is 12.9. The third kappa shape index (κ3) is 2.85. The Hall–Kier alpha value is -2.58. The van der Waals surface area contributed by atoms with Gasteiger partial charge in [-0.2, -0.15) is 0 Å². The van der Waals surface area contributed by atoms with Crippen LogP contribution in [0.15, 0.2) is 28.8 Å². The van der Waals surface area contributed by atoms with Crippen molar-refractivity contribution in [1.29, 1.82) is 0 Å². The van der Waals surface area contributed by atoms with Gasteiger partial charge in [-0.3, -0.25) is 18.7 Å². The lowest BCUT2D eigenvalue weighted by atomic mass is 10.1. The minimum atomic E-state index is -0.163. The van der Waals surface area contributed by atoms with E-state index < -0.39 is 0 Å². The molecule has 0 atom stereocenters. The standard InChI is InChI=1S/C19H18N4O2S2/c1-10-7-14(12(3)23(10)19-20-5-6-26-19)15(24)8-22-9-21-17-16(18(22)25)11(2)13(4)27-17/h5-7,9H,8H2,1-4H3. The van der Waals surface area contributed by atoms with Gasteiger partial charge in [-0.1, -0.05) is 0 Å². The number of hydrogen-bond donors (Lipinski definition) is 0. The first kappa shape index (κ1) is 17.8. The molecule has 0 saturated carbocycles. The average Bonchev–Trinajstić information content (AvgIpc) is 3.31. The highest BCUT2D eigenvalue weighted by atomic mass is 32.1. The van der Waals surface area contributed by atoms with Crippen LogP contribution < -0.4 is 5.56 Å². The summed E-state index contributed by atoms with van der Waals surface area (Å²) in [5.74, 6) is -0.112. The van der Waals surface area contributed by atoms with Gasteiger partial charge >= 0.3 is 0 Å². The van der Waals surface area contributed by atoms with Crippen molar-refractivity contribution in [2.24, 2.45) is 0 Å². The van der Waals surface area contributed by atoms with Crippen LogP contribution in [0.2, 0.25) is 0 Å². The highest BCUT2D eigenvalue weighted by Crippen LogP contribution is 2.26. The van der Waals surface area contributed by atoms with Gasteiger partial charge in [0.1, 0.15) is 4.83 Å². The minimum absolute atomic E-state index is 0.0295. The lowest BCUT2D eigenvalue weighted by Gasteiger charge is -2.07. The fourth-order valence-corrected chi connectivity index (χ4v) is 5.03. The summed E-state index contributed by atoms with van der Waals surface area (Å²) in [6.07, 6.45) is 3.21. The quantitative estimate of drug-likeness (QED) is 0.490. The molecule has 6 nitrogen and oxygen atoms in total. The van der Waals surface area contributed by atoms with Crippen LogP contribution in [0.25, 0.3) is 15.3 Å². The predicted molar refractivity (Wildman–Crippen MR) is 109 cm³/mol. The van der Waals surface area contributed by atoms with Gasteiger partial charge in [0, 0.05) is 33.4 Å². The number of carbonyl (C=O) groups is 1. The largest absolute Gasteiger partial charge is 0.294 e. The SMILES string of the molecule is Cc1sc2ncn(CC(=O)c3cc(C)n(-c4nccs4)c3C)c(=O)c2c1C. The molecule has 0 amide bonds. The topological polar surface area (TPSA) is 69.8 Å². The Morgan fingerprint density at radius 1 is 1.19 bits per heavy atom. The van der Waals surface area contributed by atoms with E-state index in [9.17, 15) is 9.59 Å². The van der Waals surface area contributed by atoms with Gasteiger partial charge in [0.05, 0.1) is 18.3 Å². The fraction of sp³-hybridized carbons (Fsp3) is 0.263. The summed E-state index contributed by atoms with van der Waals surface area (Å²) in [6, 6.07) is 1.86. The molecule has 4 heterocycles. The molecule has 4 aromatic heterocycles. The lowest BCUT2D eigenvalue weighted by Crippen LogP contribution is -2.24. The summed E-state index contributed by atoms with van der Waals surface area (Å²) in [7, 11) is 0. The van der Waals surface area contributed by atoms with Crippen LogP contribution in [-0.4, -0.2) is 24.9 Å². The van der Waals surface area contributed by atoms with Gasteiger partial charge in [0.15, 0.2) is 10.9 Å². The second-order valence-electron chi connectivity index (χ2n) is 6.50. The third-order valence-electron chi connectivity index (χ3n) is 4.81. The Labute approximate surface area is 163 Å². The molecule has 0 radical (unpaired) electrons. The first-order chi connectivity index (χ1) is 12.9. The van der Waals surface area contributed by atoms with E-state index in [0.717, 1.165) is 31.8 Å². The van der Waals surface area contributed by atoms with E-state index in [4.69, 9.17) is 0 Å². The molecule has 0 aliphatic heterocycles. The highest BCUT2D eigenvalue weighted by molar-refractivity contribution is 7.18. The number of ketones is 1. The van der Waals surface area contributed by atoms with Crippen molar-refractivity contribution >= 4 is 38.7 Å². The van der Waals surface area contributed by atoms with E-state index >= 15 is 0 Å². The Morgan fingerprint density at radius 3 is 2.67 bits per heavy atom.